The van der Waals surface area contributed by atoms with Crippen molar-refractivity contribution in [2.24, 2.45) is 5.92 Å². The second kappa shape index (κ2) is 6.59. The van der Waals surface area contributed by atoms with Crippen LogP contribution >= 0.6 is 23.2 Å². The number of rotatable bonds is 5. The summed E-state index contributed by atoms with van der Waals surface area (Å²) < 4.78 is 5.27. The fourth-order valence-electron chi connectivity index (χ4n) is 1.78. The van der Waals surface area contributed by atoms with E-state index in [0.717, 1.165) is 5.56 Å². The highest BCUT2D eigenvalue weighted by atomic mass is 35.5. The van der Waals surface area contributed by atoms with E-state index in [1.54, 1.807) is 45.9 Å². The molecule has 0 heterocycles. The Kier molecular flexibility index (Phi) is 5.60. The molecule has 0 spiro atoms. The van der Waals surface area contributed by atoms with Crippen LogP contribution in [0.15, 0.2) is 18.2 Å². The highest BCUT2D eigenvalue weighted by molar-refractivity contribution is 6.35. The Bertz CT molecular complexity index is 502. The predicted molar refractivity (Wildman–Crippen MR) is 80.2 cm³/mol. The molecule has 0 aliphatic carbocycles. The molecule has 0 saturated carbocycles. The highest BCUT2D eigenvalue weighted by Crippen LogP contribution is 2.24. The van der Waals surface area contributed by atoms with Gasteiger partial charge in [0.25, 0.3) is 0 Å². The third kappa shape index (κ3) is 5.14. The van der Waals surface area contributed by atoms with E-state index in [4.69, 9.17) is 27.9 Å². The lowest BCUT2D eigenvalue weighted by molar-refractivity contribution is -0.164. The fraction of sp³-hybridized carbons (Fsp3) is 0.467. The van der Waals surface area contributed by atoms with Crippen molar-refractivity contribution >= 4 is 35.0 Å². The Morgan fingerprint density at radius 1 is 1.15 bits per heavy atom. The SMILES string of the molecule is CC(C)C(=O)C(=O)OC(C)(C)Cc1cc(Cl)cc(Cl)c1. The van der Waals surface area contributed by atoms with E-state index in [1.165, 1.54) is 0 Å². The molecule has 1 aromatic carbocycles. The zero-order valence-corrected chi connectivity index (χ0v) is 13.5. The normalized spacial score (nSPS) is 11.6. The second-order valence-electron chi connectivity index (χ2n) is 5.62. The molecule has 0 amide bonds. The van der Waals surface area contributed by atoms with Crippen LogP contribution in [0, 0.1) is 5.92 Å². The van der Waals surface area contributed by atoms with Crippen molar-refractivity contribution in [3.05, 3.63) is 33.8 Å². The number of carbonyl (C=O) groups is 2. The first-order valence-corrected chi connectivity index (χ1v) is 7.08. The summed E-state index contributed by atoms with van der Waals surface area (Å²) in [5, 5.41) is 1.04. The number of ketones is 1. The highest BCUT2D eigenvalue weighted by Gasteiger charge is 2.28. The van der Waals surface area contributed by atoms with Crippen molar-refractivity contribution in [2.75, 3.05) is 0 Å². The Balaban J connectivity index is 2.79. The number of benzene rings is 1. The zero-order valence-electron chi connectivity index (χ0n) is 12.0. The largest absolute Gasteiger partial charge is 0.454 e. The Morgan fingerprint density at radius 2 is 1.65 bits per heavy atom. The molecule has 5 heteroatoms. The molecular formula is C15H18Cl2O3. The van der Waals surface area contributed by atoms with Crippen LogP contribution in [0.25, 0.3) is 0 Å². The van der Waals surface area contributed by atoms with Gasteiger partial charge in [0.2, 0.25) is 5.78 Å². The molecule has 0 N–H and O–H groups in total. The van der Waals surface area contributed by atoms with E-state index >= 15 is 0 Å². The number of hydrogen-bond acceptors (Lipinski definition) is 3. The lowest BCUT2D eigenvalue weighted by atomic mass is 9.98. The summed E-state index contributed by atoms with van der Waals surface area (Å²) in [6.45, 7) is 6.81. The maximum Gasteiger partial charge on any atom is 0.375 e. The average Bonchev–Trinajstić information content (AvgIpc) is 2.24. The molecule has 0 aliphatic rings. The summed E-state index contributed by atoms with van der Waals surface area (Å²) in [5.41, 5.74) is 0.0348. The lowest BCUT2D eigenvalue weighted by Crippen LogP contribution is -2.35. The molecule has 0 aliphatic heterocycles. The van der Waals surface area contributed by atoms with Crippen molar-refractivity contribution in [3.63, 3.8) is 0 Å². The molecule has 3 nitrogen and oxygen atoms in total. The Hall–Kier alpha value is -1.06. The molecule has 0 radical (unpaired) electrons. The number of esters is 1. The molecule has 0 fully saturated rings. The first kappa shape index (κ1) is 17.0. The second-order valence-corrected chi connectivity index (χ2v) is 6.50. The van der Waals surface area contributed by atoms with Gasteiger partial charge in [-0.1, -0.05) is 37.0 Å². The maximum atomic E-state index is 11.7. The van der Waals surface area contributed by atoms with Crippen LogP contribution in [0.1, 0.15) is 33.3 Å². The van der Waals surface area contributed by atoms with Gasteiger partial charge < -0.3 is 4.74 Å². The van der Waals surface area contributed by atoms with E-state index in [9.17, 15) is 9.59 Å². The summed E-state index contributed by atoms with van der Waals surface area (Å²) in [4.78, 5) is 23.3. The average molecular weight is 317 g/mol. The van der Waals surface area contributed by atoms with Crippen LogP contribution in [0.5, 0.6) is 0 Å². The summed E-state index contributed by atoms with van der Waals surface area (Å²) in [6, 6.07) is 5.15. The minimum absolute atomic E-state index is 0.376. The topological polar surface area (TPSA) is 43.4 Å². The van der Waals surface area contributed by atoms with E-state index in [0.29, 0.717) is 16.5 Å². The monoisotopic (exact) mass is 316 g/mol. The lowest BCUT2D eigenvalue weighted by Gasteiger charge is -2.25. The first-order chi connectivity index (χ1) is 9.10. The van der Waals surface area contributed by atoms with Crippen LogP contribution in [-0.4, -0.2) is 17.4 Å². The molecule has 110 valence electrons. The third-order valence-corrected chi connectivity index (χ3v) is 3.08. The van der Waals surface area contributed by atoms with Gasteiger partial charge in [0, 0.05) is 22.4 Å². The van der Waals surface area contributed by atoms with Crippen molar-refractivity contribution in [2.45, 2.75) is 39.7 Å². The third-order valence-electron chi connectivity index (χ3n) is 2.65. The van der Waals surface area contributed by atoms with Gasteiger partial charge in [0.15, 0.2) is 0 Å². The van der Waals surface area contributed by atoms with Gasteiger partial charge in [-0.3, -0.25) is 4.79 Å². The number of ether oxygens (including phenoxy) is 1. The van der Waals surface area contributed by atoms with Crippen LogP contribution in [0.4, 0.5) is 0 Å². The summed E-state index contributed by atoms with van der Waals surface area (Å²) >= 11 is 11.9. The molecular weight excluding hydrogens is 299 g/mol. The van der Waals surface area contributed by atoms with Gasteiger partial charge in [0.1, 0.15) is 5.60 Å². The quantitative estimate of drug-likeness (QED) is 0.607. The molecule has 1 aromatic rings. The van der Waals surface area contributed by atoms with E-state index < -0.39 is 17.4 Å². The summed E-state index contributed by atoms with van der Waals surface area (Å²) in [6.07, 6.45) is 0.421. The van der Waals surface area contributed by atoms with Crippen molar-refractivity contribution in [3.8, 4) is 0 Å². The molecule has 0 aromatic heterocycles. The molecule has 20 heavy (non-hydrogen) atoms. The maximum absolute atomic E-state index is 11.7. The van der Waals surface area contributed by atoms with Gasteiger partial charge in [-0.2, -0.15) is 0 Å². The number of carbonyl (C=O) groups excluding carboxylic acids is 2. The van der Waals surface area contributed by atoms with Crippen molar-refractivity contribution in [1.29, 1.82) is 0 Å². The molecule has 1 rings (SSSR count). The van der Waals surface area contributed by atoms with Crippen LogP contribution in [0.3, 0.4) is 0 Å². The van der Waals surface area contributed by atoms with E-state index in [2.05, 4.69) is 0 Å². The first-order valence-electron chi connectivity index (χ1n) is 6.33. The molecule has 0 atom stereocenters. The van der Waals surface area contributed by atoms with Crippen molar-refractivity contribution < 1.29 is 14.3 Å². The molecule has 0 unspecified atom stereocenters. The molecule has 0 bridgehead atoms. The Morgan fingerprint density at radius 3 is 2.10 bits per heavy atom. The van der Waals surface area contributed by atoms with Gasteiger partial charge >= 0.3 is 5.97 Å². The summed E-state index contributed by atoms with van der Waals surface area (Å²) in [7, 11) is 0. The van der Waals surface area contributed by atoms with Crippen molar-refractivity contribution in [1.82, 2.24) is 0 Å². The van der Waals surface area contributed by atoms with E-state index in [1.807, 2.05) is 0 Å². The minimum Gasteiger partial charge on any atom is -0.454 e. The number of hydrogen-bond donors (Lipinski definition) is 0. The van der Waals surface area contributed by atoms with Crippen LogP contribution in [0.2, 0.25) is 10.0 Å². The minimum atomic E-state index is -0.810. The molecule has 0 saturated heterocycles. The van der Waals surface area contributed by atoms with Gasteiger partial charge in [-0.05, 0) is 37.6 Å². The predicted octanol–water partition coefficient (Wildman–Crippen LogP) is 4.08. The standard InChI is InChI=1S/C15H18Cl2O3/c1-9(2)13(18)14(19)20-15(3,4)8-10-5-11(16)7-12(17)6-10/h5-7,9H,8H2,1-4H3. The summed E-state index contributed by atoms with van der Waals surface area (Å²) in [5.74, 6) is -1.71. The van der Waals surface area contributed by atoms with Crippen LogP contribution < -0.4 is 0 Å². The zero-order chi connectivity index (χ0) is 15.5. The van der Waals surface area contributed by atoms with Gasteiger partial charge in [0.05, 0.1) is 0 Å². The van der Waals surface area contributed by atoms with E-state index in [-0.39, 0.29) is 5.92 Å². The number of Topliss-reactive ketones (excluding diaryl/α,β-unsaturated/α-hetero) is 1. The Labute approximate surface area is 129 Å². The fourth-order valence-corrected chi connectivity index (χ4v) is 2.35. The van der Waals surface area contributed by atoms with Crippen LogP contribution in [-0.2, 0) is 20.7 Å². The smallest absolute Gasteiger partial charge is 0.375 e. The van der Waals surface area contributed by atoms with Gasteiger partial charge in [-0.15, -0.1) is 0 Å². The van der Waals surface area contributed by atoms with Gasteiger partial charge in [-0.25, -0.2) is 4.79 Å². The number of halogens is 2.